The van der Waals surface area contributed by atoms with E-state index in [4.69, 9.17) is 14.6 Å². The number of piperidine rings is 1. The van der Waals surface area contributed by atoms with Crippen LogP contribution in [0, 0.1) is 17.6 Å². The van der Waals surface area contributed by atoms with E-state index >= 15 is 0 Å². The number of aliphatic carboxylic acids is 1. The standard InChI is InChI=1S/C23H26F2N2O5/c1-26(13-22(28)29)23(30)27-9-3-4-15(12-27)14-32-17-7-5-16(6-8-17)18-10-19(24)20(25)11-21(18)31-2/h5-8,10-11,15H,3-4,9,12-14H2,1-2H3,(H,28,29). The Balaban J connectivity index is 1.59. The van der Waals surface area contributed by atoms with Crippen LogP contribution in [0.4, 0.5) is 13.6 Å². The summed E-state index contributed by atoms with van der Waals surface area (Å²) in [7, 11) is 2.87. The Morgan fingerprint density at radius 2 is 1.88 bits per heavy atom. The molecule has 1 unspecified atom stereocenters. The van der Waals surface area contributed by atoms with Crippen LogP contribution in [0.15, 0.2) is 36.4 Å². The third kappa shape index (κ3) is 5.66. The van der Waals surface area contributed by atoms with Crippen LogP contribution in [0.25, 0.3) is 11.1 Å². The average Bonchev–Trinajstić information content (AvgIpc) is 2.78. The van der Waals surface area contributed by atoms with Gasteiger partial charge in [0.1, 0.15) is 18.0 Å². The zero-order chi connectivity index (χ0) is 23.3. The first-order valence-corrected chi connectivity index (χ1v) is 10.3. The van der Waals surface area contributed by atoms with Crippen molar-refractivity contribution in [2.75, 3.05) is 40.4 Å². The number of benzene rings is 2. The van der Waals surface area contributed by atoms with Gasteiger partial charge in [-0.15, -0.1) is 0 Å². The van der Waals surface area contributed by atoms with E-state index in [9.17, 15) is 18.4 Å². The van der Waals surface area contributed by atoms with Crippen molar-refractivity contribution in [1.29, 1.82) is 0 Å². The topological polar surface area (TPSA) is 79.3 Å². The van der Waals surface area contributed by atoms with Gasteiger partial charge in [-0.3, -0.25) is 4.79 Å². The zero-order valence-electron chi connectivity index (χ0n) is 18.0. The minimum atomic E-state index is -1.05. The Morgan fingerprint density at radius 1 is 1.19 bits per heavy atom. The molecule has 2 aromatic rings. The van der Waals surface area contributed by atoms with Crippen LogP contribution in [-0.2, 0) is 4.79 Å². The number of urea groups is 1. The molecule has 9 heteroatoms. The number of carboxylic acids is 1. The number of amides is 2. The van der Waals surface area contributed by atoms with Gasteiger partial charge >= 0.3 is 12.0 Å². The Kier molecular flexibility index (Phi) is 7.50. The van der Waals surface area contributed by atoms with Crippen molar-refractivity contribution in [3.63, 3.8) is 0 Å². The number of carboxylic acid groups (broad SMARTS) is 1. The molecule has 0 aromatic heterocycles. The quantitative estimate of drug-likeness (QED) is 0.696. The number of halogens is 2. The summed E-state index contributed by atoms with van der Waals surface area (Å²) in [5.41, 5.74) is 1.09. The van der Waals surface area contributed by atoms with Crippen LogP contribution < -0.4 is 9.47 Å². The molecule has 1 atom stereocenters. The molecule has 2 aromatic carbocycles. The van der Waals surface area contributed by atoms with Crippen LogP contribution in [0.2, 0.25) is 0 Å². The van der Waals surface area contributed by atoms with E-state index in [0.29, 0.717) is 36.6 Å². The molecule has 7 nitrogen and oxygen atoms in total. The van der Waals surface area contributed by atoms with E-state index in [0.717, 1.165) is 25.0 Å². The second-order valence-corrected chi connectivity index (χ2v) is 7.79. The number of carbonyl (C=O) groups is 2. The molecule has 0 aliphatic carbocycles. The van der Waals surface area contributed by atoms with Crippen LogP contribution in [0.3, 0.4) is 0 Å². The summed E-state index contributed by atoms with van der Waals surface area (Å²) in [5.74, 6) is -2.01. The minimum Gasteiger partial charge on any atom is -0.496 e. The fraction of sp³-hybridized carbons (Fsp3) is 0.391. The molecule has 0 radical (unpaired) electrons. The maximum absolute atomic E-state index is 13.7. The highest BCUT2D eigenvalue weighted by molar-refractivity contribution is 5.80. The summed E-state index contributed by atoms with van der Waals surface area (Å²) < 4.78 is 38.2. The lowest BCUT2D eigenvalue weighted by atomic mass is 9.99. The smallest absolute Gasteiger partial charge is 0.323 e. The normalized spacial score (nSPS) is 15.9. The molecule has 0 bridgehead atoms. The first-order valence-electron chi connectivity index (χ1n) is 10.3. The van der Waals surface area contributed by atoms with Gasteiger partial charge in [-0.25, -0.2) is 13.6 Å². The summed E-state index contributed by atoms with van der Waals surface area (Å²) in [6, 6.07) is 8.76. The lowest BCUT2D eigenvalue weighted by Crippen LogP contribution is -2.48. The number of ether oxygens (including phenoxy) is 2. The summed E-state index contributed by atoms with van der Waals surface area (Å²) in [5, 5.41) is 8.87. The van der Waals surface area contributed by atoms with E-state index in [-0.39, 0.29) is 24.2 Å². The number of carbonyl (C=O) groups excluding carboxylic acids is 1. The molecular formula is C23H26F2N2O5. The molecule has 1 aliphatic heterocycles. The highest BCUT2D eigenvalue weighted by atomic mass is 19.2. The van der Waals surface area contributed by atoms with Gasteiger partial charge in [-0.2, -0.15) is 0 Å². The molecule has 172 valence electrons. The van der Waals surface area contributed by atoms with Crippen molar-refractivity contribution in [2.24, 2.45) is 5.92 Å². The van der Waals surface area contributed by atoms with Crippen molar-refractivity contribution in [3.05, 3.63) is 48.0 Å². The predicted molar refractivity (Wildman–Crippen MR) is 114 cm³/mol. The summed E-state index contributed by atoms with van der Waals surface area (Å²) in [4.78, 5) is 26.1. The lowest BCUT2D eigenvalue weighted by Gasteiger charge is -2.34. The summed E-state index contributed by atoms with van der Waals surface area (Å²) in [6.07, 6.45) is 1.71. The van der Waals surface area contributed by atoms with Crippen molar-refractivity contribution in [1.82, 2.24) is 9.80 Å². The van der Waals surface area contributed by atoms with E-state index in [1.54, 1.807) is 29.2 Å². The summed E-state index contributed by atoms with van der Waals surface area (Å²) in [6.45, 7) is 1.14. The number of nitrogens with zero attached hydrogens (tertiary/aromatic N) is 2. The van der Waals surface area contributed by atoms with Crippen LogP contribution in [-0.4, -0.2) is 67.3 Å². The van der Waals surface area contributed by atoms with Gasteiger partial charge in [0.25, 0.3) is 0 Å². The van der Waals surface area contributed by atoms with E-state index in [1.165, 1.54) is 19.1 Å². The molecule has 0 spiro atoms. The number of rotatable bonds is 7. The fourth-order valence-corrected chi connectivity index (χ4v) is 3.75. The van der Waals surface area contributed by atoms with Gasteiger partial charge < -0.3 is 24.4 Å². The number of hydrogen-bond donors (Lipinski definition) is 1. The maximum atomic E-state index is 13.7. The Morgan fingerprint density at radius 3 is 2.53 bits per heavy atom. The molecule has 2 amide bonds. The van der Waals surface area contributed by atoms with E-state index in [1.807, 2.05) is 0 Å². The Hall–Kier alpha value is -3.36. The predicted octanol–water partition coefficient (Wildman–Crippen LogP) is 3.87. The number of hydrogen-bond acceptors (Lipinski definition) is 4. The Labute approximate surface area is 185 Å². The molecule has 32 heavy (non-hydrogen) atoms. The molecule has 1 N–H and O–H groups in total. The van der Waals surface area contributed by atoms with Gasteiger partial charge in [0, 0.05) is 37.7 Å². The summed E-state index contributed by atoms with van der Waals surface area (Å²) >= 11 is 0. The minimum absolute atomic E-state index is 0.122. The number of methoxy groups -OCH3 is 1. The fourth-order valence-electron chi connectivity index (χ4n) is 3.75. The number of likely N-dealkylation sites (N-methyl/N-ethyl adjacent to an activating group) is 1. The molecule has 1 saturated heterocycles. The second kappa shape index (κ2) is 10.3. The first-order chi connectivity index (χ1) is 15.3. The van der Waals surface area contributed by atoms with Gasteiger partial charge in [0.2, 0.25) is 0 Å². The van der Waals surface area contributed by atoms with Gasteiger partial charge in [-0.05, 0) is 36.6 Å². The average molecular weight is 448 g/mol. The van der Waals surface area contributed by atoms with Crippen LogP contribution in [0.1, 0.15) is 12.8 Å². The first kappa shape index (κ1) is 23.3. The molecule has 1 heterocycles. The lowest BCUT2D eigenvalue weighted by molar-refractivity contribution is -0.137. The van der Waals surface area contributed by atoms with Gasteiger partial charge in [0.05, 0.1) is 13.7 Å². The van der Waals surface area contributed by atoms with Crippen molar-refractivity contribution < 1.29 is 33.0 Å². The van der Waals surface area contributed by atoms with Gasteiger partial charge in [-0.1, -0.05) is 12.1 Å². The maximum Gasteiger partial charge on any atom is 0.323 e. The van der Waals surface area contributed by atoms with Crippen molar-refractivity contribution >= 4 is 12.0 Å². The van der Waals surface area contributed by atoms with E-state index in [2.05, 4.69) is 0 Å². The van der Waals surface area contributed by atoms with Crippen LogP contribution in [0.5, 0.6) is 11.5 Å². The largest absolute Gasteiger partial charge is 0.496 e. The second-order valence-electron chi connectivity index (χ2n) is 7.79. The number of likely N-dealkylation sites (tertiary alicyclic amines) is 1. The highest BCUT2D eigenvalue weighted by Gasteiger charge is 2.27. The monoisotopic (exact) mass is 448 g/mol. The zero-order valence-corrected chi connectivity index (χ0v) is 18.0. The SMILES string of the molecule is COc1cc(F)c(F)cc1-c1ccc(OCC2CCCN(C(=O)N(C)CC(=O)O)C2)cc1. The molecular weight excluding hydrogens is 422 g/mol. The molecule has 0 saturated carbocycles. The molecule has 1 aliphatic rings. The third-order valence-corrected chi connectivity index (χ3v) is 5.38. The molecule has 1 fully saturated rings. The van der Waals surface area contributed by atoms with Crippen molar-refractivity contribution in [3.8, 4) is 22.6 Å². The van der Waals surface area contributed by atoms with Crippen molar-refractivity contribution in [2.45, 2.75) is 12.8 Å². The highest BCUT2D eigenvalue weighted by Crippen LogP contribution is 2.33. The van der Waals surface area contributed by atoms with Crippen LogP contribution >= 0.6 is 0 Å². The molecule has 3 rings (SSSR count). The van der Waals surface area contributed by atoms with Gasteiger partial charge in [0.15, 0.2) is 11.6 Å². The van der Waals surface area contributed by atoms with E-state index < -0.39 is 17.6 Å². The Bertz CT molecular complexity index is 968. The third-order valence-electron chi connectivity index (χ3n) is 5.38.